The Morgan fingerprint density at radius 3 is 2.32 bits per heavy atom. The SMILES string of the molecule is CC(=O)O[C@H]1C[C@@H]2C(COC(=O)CC(C)C)=CO[C@@H](OC(=O)CC(C)C)[C@@H]2[C@@]1(O)CCl. The standard InChI is InChI=1S/C22H33ClO8/c1-12(2)6-18(25)28-9-15-10-29-21(31-19(26)7-13(3)4)20-16(15)8-17(30-14(5)24)22(20,27)11-23/h10,12-13,16-17,20-21,27H,6-9,11H2,1-5H3/t16-,17+,20-,21+,22-/m1/s1. The minimum absolute atomic E-state index is 0.0372. The number of aliphatic hydroxyl groups is 1. The van der Waals surface area contributed by atoms with Crippen molar-refractivity contribution in [2.45, 2.75) is 71.9 Å². The van der Waals surface area contributed by atoms with Gasteiger partial charge in [-0.15, -0.1) is 11.6 Å². The first kappa shape index (κ1) is 25.5. The molecule has 0 unspecified atom stereocenters. The molecule has 0 amide bonds. The number of alkyl halides is 1. The molecule has 0 spiro atoms. The smallest absolute Gasteiger partial charge is 0.309 e. The van der Waals surface area contributed by atoms with Gasteiger partial charge in [-0.1, -0.05) is 27.7 Å². The average Bonchev–Trinajstić information content (AvgIpc) is 2.93. The van der Waals surface area contributed by atoms with Crippen molar-refractivity contribution >= 4 is 29.5 Å². The van der Waals surface area contributed by atoms with Crippen molar-refractivity contribution in [2.75, 3.05) is 12.5 Å². The Bertz CT molecular complexity index is 704. The van der Waals surface area contributed by atoms with E-state index in [1.807, 2.05) is 27.7 Å². The summed E-state index contributed by atoms with van der Waals surface area (Å²) in [5.74, 6) is -2.58. The first-order valence-corrected chi connectivity index (χ1v) is 11.2. The quantitative estimate of drug-likeness (QED) is 0.318. The van der Waals surface area contributed by atoms with Gasteiger partial charge >= 0.3 is 17.9 Å². The van der Waals surface area contributed by atoms with Gasteiger partial charge in [-0.2, -0.15) is 0 Å². The molecule has 2 aliphatic rings. The van der Waals surface area contributed by atoms with Crippen LogP contribution in [0.4, 0.5) is 0 Å². The second kappa shape index (κ2) is 10.7. The predicted octanol–water partition coefficient (Wildman–Crippen LogP) is 2.94. The van der Waals surface area contributed by atoms with E-state index in [4.69, 9.17) is 30.5 Å². The van der Waals surface area contributed by atoms with E-state index < -0.39 is 41.8 Å². The number of fused-ring (bicyclic) bond motifs is 1. The van der Waals surface area contributed by atoms with Gasteiger partial charge in [-0.25, -0.2) is 0 Å². The molecule has 1 aliphatic carbocycles. The number of carbonyl (C=O) groups is 3. The number of carbonyl (C=O) groups excluding carboxylic acids is 3. The maximum absolute atomic E-state index is 12.3. The van der Waals surface area contributed by atoms with Gasteiger partial charge < -0.3 is 24.1 Å². The van der Waals surface area contributed by atoms with E-state index in [-0.39, 0.29) is 49.6 Å². The van der Waals surface area contributed by atoms with Gasteiger partial charge in [0.1, 0.15) is 18.3 Å². The zero-order valence-electron chi connectivity index (χ0n) is 18.8. The van der Waals surface area contributed by atoms with Crippen LogP contribution in [0.2, 0.25) is 0 Å². The minimum Gasteiger partial charge on any atom is -0.462 e. The van der Waals surface area contributed by atoms with E-state index in [0.717, 1.165) is 0 Å². The summed E-state index contributed by atoms with van der Waals surface area (Å²) in [5.41, 5.74) is -1.07. The van der Waals surface area contributed by atoms with Crippen molar-refractivity contribution in [1.29, 1.82) is 0 Å². The number of hydrogen-bond donors (Lipinski definition) is 1. The van der Waals surface area contributed by atoms with Gasteiger partial charge in [0.2, 0.25) is 6.29 Å². The topological polar surface area (TPSA) is 108 Å². The maximum atomic E-state index is 12.3. The highest BCUT2D eigenvalue weighted by atomic mass is 35.5. The van der Waals surface area contributed by atoms with Gasteiger partial charge in [0.25, 0.3) is 0 Å². The molecule has 0 saturated heterocycles. The third-order valence-corrected chi connectivity index (χ3v) is 5.91. The summed E-state index contributed by atoms with van der Waals surface area (Å²) in [6.07, 6.45) is 0.0907. The monoisotopic (exact) mass is 460 g/mol. The molecule has 0 bridgehead atoms. The van der Waals surface area contributed by atoms with Crippen LogP contribution in [-0.4, -0.2) is 53.5 Å². The Morgan fingerprint density at radius 1 is 1.16 bits per heavy atom. The average molecular weight is 461 g/mol. The van der Waals surface area contributed by atoms with Crippen LogP contribution in [0.5, 0.6) is 0 Å². The molecular weight excluding hydrogens is 428 g/mol. The summed E-state index contributed by atoms with van der Waals surface area (Å²) in [7, 11) is 0. The van der Waals surface area contributed by atoms with Crippen molar-refractivity contribution in [1.82, 2.24) is 0 Å². The van der Waals surface area contributed by atoms with Crippen LogP contribution >= 0.6 is 11.6 Å². The van der Waals surface area contributed by atoms with E-state index in [0.29, 0.717) is 5.57 Å². The van der Waals surface area contributed by atoms with E-state index in [2.05, 4.69) is 0 Å². The minimum atomic E-state index is -1.68. The van der Waals surface area contributed by atoms with Gasteiger partial charge in [0.15, 0.2) is 0 Å². The van der Waals surface area contributed by atoms with Crippen molar-refractivity contribution in [3.05, 3.63) is 11.8 Å². The molecule has 9 heteroatoms. The number of hydrogen-bond acceptors (Lipinski definition) is 8. The Morgan fingerprint density at radius 2 is 1.77 bits per heavy atom. The molecule has 8 nitrogen and oxygen atoms in total. The lowest BCUT2D eigenvalue weighted by atomic mass is 9.81. The molecule has 2 rings (SSSR count). The predicted molar refractivity (Wildman–Crippen MR) is 112 cm³/mol. The molecule has 1 aliphatic heterocycles. The summed E-state index contributed by atoms with van der Waals surface area (Å²) < 4.78 is 21.9. The molecule has 1 N–H and O–H groups in total. The van der Waals surface area contributed by atoms with Crippen molar-refractivity contribution in [2.24, 2.45) is 23.7 Å². The van der Waals surface area contributed by atoms with Crippen LogP contribution in [0.15, 0.2) is 11.8 Å². The lowest BCUT2D eigenvalue weighted by molar-refractivity contribution is -0.211. The largest absolute Gasteiger partial charge is 0.462 e. The van der Waals surface area contributed by atoms with Crippen LogP contribution in [-0.2, 0) is 33.3 Å². The van der Waals surface area contributed by atoms with Gasteiger partial charge in [-0.3, -0.25) is 14.4 Å². The molecule has 31 heavy (non-hydrogen) atoms. The number of ether oxygens (including phenoxy) is 4. The van der Waals surface area contributed by atoms with E-state index >= 15 is 0 Å². The molecule has 0 aromatic carbocycles. The highest BCUT2D eigenvalue weighted by Gasteiger charge is 2.62. The summed E-state index contributed by atoms with van der Waals surface area (Å²) in [5, 5.41) is 11.4. The third kappa shape index (κ3) is 6.35. The Balaban J connectivity index is 2.27. The fraction of sp³-hybridized carbons (Fsp3) is 0.773. The van der Waals surface area contributed by atoms with Crippen LogP contribution in [0.3, 0.4) is 0 Å². The lowest BCUT2D eigenvalue weighted by Gasteiger charge is -2.40. The lowest BCUT2D eigenvalue weighted by Crippen LogP contribution is -2.53. The second-order valence-corrected chi connectivity index (χ2v) is 9.40. The van der Waals surface area contributed by atoms with E-state index in [1.165, 1.54) is 13.2 Å². The molecule has 1 fully saturated rings. The molecular formula is C22H33ClO8. The fourth-order valence-corrected chi connectivity index (χ4v) is 4.46. The molecule has 1 heterocycles. The zero-order valence-corrected chi connectivity index (χ0v) is 19.5. The summed E-state index contributed by atoms with van der Waals surface area (Å²) in [6, 6.07) is 0. The Hall–Kier alpha value is -1.80. The zero-order chi connectivity index (χ0) is 23.3. The Labute approximate surface area is 188 Å². The number of halogens is 1. The Kier molecular flexibility index (Phi) is 8.77. The molecule has 1 saturated carbocycles. The first-order chi connectivity index (χ1) is 14.5. The van der Waals surface area contributed by atoms with Crippen LogP contribution in [0.1, 0.15) is 53.9 Å². The summed E-state index contributed by atoms with van der Waals surface area (Å²) >= 11 is 6.12. The van der Waals surface area contributed by atoms with Gasteiger partial charge in [-0.05, 0) is 18.3 Å². The number of rotatable bonds is 9. The van der Waals surface area contributed by atoms with Gasteiger partial charge in [0.05, 0.1) is 18.1 Å². The number of esters is 3. The maximum Gasteiger partial charge on any atom is 0.309 e. The molecule has 176 valence electrons. The van der Waals surface area contributed by atoms with Crippen LogP contribution in [0.25, 0.3) is 0 Å². The molecule has 5 atom stereocenters. The first-order valence-electron chi connectivity index (χ1n) is 10.6. The van der Waals surface area contributed by atoms with Crippen molar-refractivity contribution in [3.8, 4) is 0 Å². The van der Waals surface area contributed by atoms with Gasteiger partial charge in [0, 0.05) is 31.3 Å². The molecule has 0 aromatic heterocycles. The van der Waals surface area contributed by atoms with Crippen molar-refractivity contribution < 1.29 is 38.4 Å². The van der Waals surface area contributed by atoms with E-state index in [1.54, 1.807) is 0 Å². The highest BCUT2D eigenvalue weighted by Crippen LogP contribution is 2.51. The summed E-state index contributed by atoms with van der Waals surface area (Å²) in [4.78, 5) is 35.9. The van der Waals surface area contributed by atoms with Crippen LogP contribution < -0.4 is 0 Å². The van der Waals surface area contributed by atoms with E-state index in [9.17, 15) is 19.5 Å². The molecule has 0 aromatic rings. The highest BCUT2D eigenvalue weighted by molar-refractivity contribution is 6.18. The normalized spacial score (nSPS) is 29.8. The summed E-state index contributed by atoms with van der Waals surface area (Å²) in [6.45, 7) is 8.81. The molecule has 0 radical (unpaired) electrons. The fourth-order valence-electron chi connectivity index (χ4n) is 4.11. The van der Waals surface area contributed by atoms with Crippen LogP contribution in [0, 0.1) is 23.7 Å². The third-order valence-electron chi connectivity index (χ3n) is 5.48. The van der Waals surface area contributed by atoms with Crippen molar-refractivity contribution in [3.63, 3.8) is 0 Å². The second-order valence-electron chi connectivity index (χ2n) is 9.13.